The second kappa shape index (κ2) is 6.34. The first-order valence-electron chi connectivity index (χ1n) is 4.45. The van der Waals surface area contributed by atoms with Gasteiger partial charge >= 0.3 is 0 Å². The first-order chi connectivity index (χ1) is 7.51. The Morgan fingerprint density at radius 3 is 2.56 bits per heavy atom. The van der Waals surface area contributed by atoms with E-state index in [1.807, 2.05) is 30.3 Å². The highest BCUT2D eigenvalue weighted by molar-refractivity contribution is 7.99. The number of hydrogen-bond donors (Lipinski definition) is 0. The Bertz CT molecular complexity index is 428. The van der Waals surface area contributed by atoms with Crippen LogP contribution in [0.2, 0.25) is 0 Å². The van der Waals surface area contributed by atoms with Crippen molar-refractivity contribution in [3.05, 3.63) is 30.3 Å². The molecule has 0 saturated heterocycles. The fourth-order valence-electron chi connectivity index (χ4n) is 0.981. The lowest BCUT2D eigenvalue weighted by molar-refractivity contribution is 0.304. The predicted molar refractivity (Wildman–Crippen MR) is 69.5 cm³/mol. The summed E-state index contributed by atoms with van der Waals surface area (Å²) >= 11 is 6.08. The van der Waals surface area contributed by atoms with Gasteiger partial charge in [0.1, 0.15) is 6.10 Å². The van der Waals surface area contributed by atoms with E-state index in [2.05, 4.69) is 17.6 Å². The van der Waals surface area contributed by atoms with E-state index >= 15 is 0 Å². The fraction of sp³-hybridized carbons (Fsp3) is 0.300. The lowest BCUT2D eigenvalue weighted by Crippen LogP contribution is -2.20. The van der Waals surface area contributed by atoms with E-state index in [1.165, 1.54) is 11.8 Å². The molecule has 1 atom stereocenters. The van der Waals surface area contributed by atoms with Gasteiger partial charge in [0.2, 0.25) is 0 Å². The summed E-state index contributed by atoms with van der Waals surface area (Å²) in [6, 6.07) is 9.61. The van der Waals surface area contributed by atoms with Crippen molar-refractivity contribution in [3.8, 4) is 0 Å². The highest BCUT2D eigenvalue weighted by Crippen LogP contribution is 2.18. The molecule has 1 rings (SSSR count). The van der Waals surface area contributed by atoms with E-state index in [-0.39, 0.29) is 0 Å². The summed E-state index contributed by atoms with van der Waals surface area (Å²) < 4.78 is 26.5. The smallest absolute Gasteiger partial charge is 0.260 e. The van der Waals surface area contributed by atoms with E-state index in [0.717, 1.165) is 11.2 Å². The molecule has 0 aliphatic rings. The van der Waals surface area contributed by atoms with Crippen molar-refractivity contribution >= 4 is 39.5 Å². The van der Waals surface area contributed by atoms with Crippen molar-refractivity contribution < 1.29 is 12.6 Å². The van der Waals surface area contributed by atoms with Crippen LogP contribution in [0.25, 0.3) is 0 Å². The van der Waals surface area contributed by atoms with E-state index < -0.39 is 16.2 Å². The number of hydrogen-bond acceptors (Lipinski definition) is 5. The molecule has 0 N–H and O–H groups in total. The molecular weight excluding hydrogens is 264 g/mol. The molecule has 6 heteroatoms. The van der Waals surface area contributed by atoms with Crippen LogP contribution < -0.4 is 0 Å². The molecule has 87 valence electrons. The maximum absolute atomic E-state index is 10.9. The van der Waals surface area contributed by atoms with E-state index in [1.54, 1.807) is 0 Å². The first kappa shape index (κ1) is 13.6. The SMILES string of the molecule is CS(=O)(=O)OC([C]=S)CSc1ccccc1. The summed E-state index contributed by atoms with van der Waals surface area (Å²) in [7, 11) is -3.48. The zero-order chi connectivity index (χ0) is 12.0. The minimum absolute atomic E-state index is 0.431. The molecule has 1 unspecified atom stereocenters. The van der Waals surface area contributed by atoms with Gasteiger partial charge in [0.25, 0.3) is 10.1 Å². The van der Waals surface area contributed by atoms with E-state index in [4.69, 9.17) is 4.18 Å². The minimum atomic E-state index is -3.48. The Balaban J connectivity index is 2.50. The van der Waals surface area contributed by atoms with Crippen LogP contribution in [0.1, 0.15) is 0 Å². The van der Waals surface area contributed by atoms with Crippen LogP contribution in [-0.2, 0) is 14.3 Å². The molecule has 3 nitrogen and oxygen atoms in total. The van der Waals surface area contributed by atoms with Crippen LogP contribution in [0, 0.1) is 0 Å². The normalized spacial score (nSPS) is 13.3. The van der Waals surface area contributed by atoms with Gasteiger partial charge in [-0.15, -0.1) is 11.8 Å². The summed E-state index contributed by atoms with van der Waals surface area (Å²) in [6.45, 7) is 0. The molecule has 0 spiro atoms. The molecule has 1 aromatic carbocycles. The van der Waals surface area contributed by atoms with Crippen molar-refractivity contribution in [1.29, 1.82) is 0 Å². The van der Waals surface area contributed by atoms with E-state index in [9.17, 15) is 8.42 Å². The lowest BCUT2D eigenvalue weighted by Gasteiger charge is -2.09. The van der Waals surface area contributed by atoms with Crippen molar-refractivity contribution in [3.63, 3.8) is 0 Å². The fourth-order valence-corrected chi connectivity index (χ4v) is 2.75. The van der Waals surface area contributed by atoms with Gasteiger partial charge in [-0.2, -0.15) is 8.42 Å². The van der Waals surface area contributed by atoms with Gasteiger partial charge in [0, 0.05) is 10.6 Å². The third kappa shape index (κ3) is 5.60. The molecule has 16 heavy (non-hydrogen) atoms. The van der Waals surface area contributed by atoms with Gasteiger partial charge in [-0.05, 0) is 12.1 Å². The second-order valence-electron chi connectivity index (χ2n) is 3.03. The van der Waals surface area contributed by atoms with Crippen LogP contribution in [0.4, 0.5) is 0 Å². The number of thioether (sulfide) groups is 1. The maximum atomic E-state index is 10.9. The highest BCUT2D eigenvalue weighted by atomic mass is 32.2. The standard InChI is InChI=1S/C10H11O3S3/c1-16(11,12)13-9(7-14)8-15-10-5-3-2-4-6-10/h2-6,9H,8H2,1H3. The Morgan fingerprint density at radius 2 is 2.06 bits per heavy atom. The van der Waals surface area contributed by atoms with Gasteiger partial charge in [0.05, 0.1) is 11.6 Å². The molecule has 0 saturated carbocycles. The Morgan fingerprint density at radius 1 is 1.44 bits per heavy atom. The van der Waals surface area contributed by atoms with Crippen LogP contribution in [0.3, 0.4) is 0 Å². The van der Waals surface area contributed by atoms with Crippen LogP contribution in [-0.4, -0.2) is 31.9 Å². The number of rotatable bonds is 6. The van der Waals surface area contributed by atoms with E-state index in [0.29, 0.717) is 5.75 Å². The molecule has 0 bridgehead atoms. The predicted octanol–water partition coefficient (Wildman–Crippen LogP) is 2.00. The first-order valence-corrected chi connectivity index (χ1v) is 7.66. The third-order valence-corrected chi connectivity index (χ3v) is 3.49. The lowest BCUT2D eigenvalue weighted by atomic mass is 10.4. The number of thiocarbonyl (C=S) groups is 1. The molecule has 0 aromatic heterocycles. The van der Waals surface area contributed by atoms with Gasteiger partial charge in [-0.3, -0.25) is 4.18 Å². The van der Waals surface area contributed by atoms with Crippen molar-refractivity contribution in [2.75, 3.05) is 12.0 Å². The molecule has 0 amide bonds. The van der Waals surface area contributed by atoms with Crippen LogP contribution >= 0.6 is 24.0 Å². The summed E-state index contributed by atoms with van der Waals surface area (Å²) in [5.74, 6) is 0.431. The van der Waals surface area contributed by atoms with Crippen molar-refractivity contribution in [1.82, 2.24) is 0 Å². The zero-order valence-corrected chi connectivity index (χ0v) is 11.1. The highest BCUT2D eigenvalue weighted by Gasteiger charge is 2.13. The van der Waals surface area contributed by atoms with Gasteiger partial charge in [-0.25, -0.2) is 0 Å². The molecule has 0 aliphatic heterocycles. The minimum Gasteiger partial charge on any atom is -0.260 e. The average molecular weight is 275 g/mol. The van der Waals surface area contributed by atoms with Crippen LogP contribution in [0.15, 0.2) is 35.2 Å². The monoisotopic (exact) mass is 275 g/mol. The van der Waals surface area contributed by atoms with Crippen molar-refractivity contribution in [2.45, 2.75) is 11.0 Å². The topological polar surface area (TPSA) is 43.4 Å². The molecule has 0 aliphatic carbocycles. The number of benzene rings is 1. The largest absolute Gasteiger partial charge is 0.265 e. The molecule has 0 heterocycles. The summed E-state index contributed by atoms with van der Waals surface area (Å²) in [6.07, 6.45) is 0.315. The van der Waals surface area contributed by atoms with Crippen LogP contribution in [0.5, 0.6) is 0 Å². The molecular formula is C10H11O3S3. The van der Waals surface area contributed by atoms with Gasteiger partial charge in [-0.1, -0.05) is 30.4 Å². The summed E-state index contributed by atoms with van der Waals surface area (Å²) in [4.78, 5) is 1.04. The second-order valence-corrected chi connectivity index (χ2v) is 5.96. The molecule has 1 radical (unpaired) electrons. The van der Waals surface area contributed by atoms with Gasteiger partial charge in [0.15, 0.2) is 0 Å². The summed E-state index contributed by atoms with van der Waals surface area (Å²) in [5, 5.41) is 2.39. The third-order valence-electron chi connectivity index (χ3n) is 1.57. The van der Waals surface area contributed by atoms with Crippen molar-refractivity contribution in [2.24, 2.45) is 0 Å². The maximum Gasteiger partial charge on any atom is 0.265 e. The zero-order valence-electron chi connectivity index (χ0n) is 8.62. The van der Waals surface area contributed by atoms with Gasteiger partial charge < -0.3 is 0 Å². The average Bonchev–Trinajstić information content (AvgIpc) is 2.24. The quantitative estimate of drug-likeness (QED) is 0.451. The molecule has 1 aromatic rings. The Labute approximate surface area is 105 Å². The summed E-state index contributed by atoms with van der Waals surface area (Å²) in [5.41, 5.74) is 0. The molecule has 0 fully saturated rings. The Hall–Kier alpha value is -0.430. The Kier molecular flexibility index (Phi) is 5.40.